The van der Waals surface area contributed by atoms with Crippen molar-refractivity contribution < 1.29 is 57.1 Å². The Kier molecular flexibility index (Phi) is 14.0. The number of hydrogen-bond acceptors (Lipinski definition) is 0. The summed E-state index contributed by atoms with van der Waals surface area (Å²) in [4.78, 5) is 0. The van der Waals surface area contributed by atoms with E-state index in [1.54, 1.807) is 0 Å². The molecule has 2 heterocycles. The SMILES string of the molecule is [I-].[I-].c1ccc2c(c1)ccc[n+]2CCCCCCCCCCCC[n+]1cccc2ccccc21. The van der Waals surface area contributed by atoms with Gasteiger partial charge in [0, 0.05) is 47.9 Å². The van der Waals surface area contributed by atoms with Crippen molar-refractivity contribution in [3.63, 3.8) is 0 Å². The molecule has 4 aromatic rings. The number of aryl methyl sites for hydroxylation is 2. The van der Waals surface area contributed by atoms with Crippen molar-refractivity contribution in [2.75, 3.05) is 0 Å². The molecule has 4 rings (SSSR count). The topological polar surface area (TPSA) is 7.76 Å². The second kappa shape index (κ2) is 16.4. The zero-order valence-electron chi connectivity index (χ0n) is 20.2. The standard InChI is InChI=1S/C30H38N2.2HI/c1(3-5-7-13-23-31-25-15-19-27-17-9-11-21-29(27)31)2-4-6-8-14-24-32-26-16-20-28-18-10-12-22-30(28)32;;/h9-12,15-22,25-26H,1-8,13-14,23-24H2;2*1H/q+2;;/p-2. The van der Waals surface area contributed by atoms with E-state index < -0.39 is 0 Å². The lowest BCUT2D eigenvalue weighted by Gasteiger charge is -2.04. The molecule has 0 saturated carbocycles. The van der Waals surface area contributed by atoms with Gasteiger partial charge in [-0.05, 0) is 37.1 Å². The highest BCUT2D eigenvalue weighted by Crippen LogP contribution is 2.13. The van der Waals surface area contributed by atoms with Crippen molar-refractivity contribution in [2.45, 2.75) is 77.3 Å². The molecule has 0 unspecified atom stereocenters. The van der Waals surface area contributed by atoms with Gasteiger partial charge in [-0.25, -0.2) is 0 Å². The molecule has 4 heteroatoms. The first-order chi connectivity index (χ1) is 15.9. The van der Waals surface area contributed by atoms with E-state index in [1.165, 1.54) is 86.0 Å². The number of halogens is 2. The third-order valence-electron chi connectivity index (χ3n) is 6.62. The molecule has 0 bridgehead atoms. The van der Waals surface area contributed by atoms with Crippen LogP contribution in [0.2, 0.25) is 0 Å². The Morgan fingerprint density at radius 1 is 0.382 bits per heavy atom. The molecule has 182 valence electrons. The fraction of sp³-hybridized carbons (Fsp3) is 0.400. The van der Waals surface area contributed by atoms with Crippen LogP contribution in [0.3, 0.4) is 0 Å². The summed E-state index contributed by atoms with van der Waals surface area (Å²) in [6.45, 7) is 2.27. The number of unbranched alkanes of at least 4 members (excludes halogenated alkanes) is 9. The molecule has 0 aliphatic carbocycles. The number of nitrogens with zero attached hydrogens (tertiary/aromatic N) is 2. The summed E-state index contributed by atoms with van der Waals surface area (Å²) in [5.74, 6) is 0. The van der Waals surface area contributed by atoms with E-state index in [0.29, 0.717) is 0 Å². The van der Waals surface area contributed by atoms with Crippen LogP contribution in [0.5, 0.6) is 0 Å². The highest BCUT2D eigenvalue weighted by Gasteiger charge is 2.07. The number of benzene rings is 2. The van der Waals surface area contributed by atoms with E-state index in [1.807, 2.05) is 0 Å². The van der Waals surface area contributed by atoms with Gasteiger partial charge >= 0.3 is 0 Å². The smallest absolute Gasteiger partial charge is 0.212 e. The number of pyridine rings is 2. The summed E-state index contributed by atoms with van der Waals surface area (Å²) >= 11 is 0. The number of rotatable bonds is 13. The van der Waals surface area contributed by atoms with Gasteiger partial charge in [0.25, 0.3) is 0 Å². The van der Waals surface area contributed by atoms with Crippen LogP contribution in [-0.2, 0) is 13.1 Å². The zero-order chi connectivity index (χ0) is 21.8. The first-order valence-electron chi connectivity index (χ1n) is 12.7. The highest BCUT2D eigenvalue weighted by atomic mass is 127. The molecule has 0 spiro atoms. The van der Waals surface area contributed by atoms with E-state index in [0.717, 1.165) is 13.1 Å². The van der Waals surface area contributed by atoms with Gasteiger partial charge in [0.15, 0.2) is 12.4 Å². The van der Waals surface area contributed by atoms with Gasteiger partial charge in [-0.2, -0.15) is 9.13 Å². The number of fused-ring (bicyclic) bond motifs is 2. The van der Waals surface area contributed by atoms with Crippen LogP contribution in [0, 0.1) is 0 Å². The van der Waals surface area contributed by atoms with Crippen LogP contribution in [0.4, 0.5) is 0 Å². The van der Waals surface area contributed by atoms with Gasteiger partial charge in [0.2, 0.25) is 11.0 Å². The molecule has 2 aromatic heterocycles. The lowest BCUT2D eigenvalue weighted by Crippen LogP contribution is -3.00. The number of aromatic nitrogens is 2. The molecule has 2 aromatic carbocycles. The van der Waals surface area contributed by atoms with E-state index in [2.05, 4.69) is 94.3 Å². The third kappa shape index (κ3) is 8.74. The third-order valence-corrected chi connectivity index (χ3v) is 6.62. The van der Waals surface area contributed by atoms with Crippen LogP contribution in [0.1, 0.15) is 64.2 Å². The van der Waals surface area contributed by atoms with Crippen LogP contribution in [-0.4, -0.2) is 0 Å². The molecule has 0 N–H and O–H groups in total. The summed E-state index contributed by atoms with van der Waals surface area (Å²) in [5, 5.41) is 2.68. The van der Waals surface area contributed by atoms with Crippen LogP contribution in [0.25, 0.3) is 21.8 Å². The Labute approximate surface area is 239 Å². The van der Waals surface area contributed by atoms with Crippen molar-refractivity contribution in [3.8, 4) is 0 Å². The van der Waals surface area contributed by atoms with Crippen LogP contribution < -0.4 is 57.1 Å². The van der Waals surface area contributed by atoms with E-state index in [9.17, 15) is 0 Å². The Morgan fingerprint density at radius 3 is 1.12 bits per heavy atom. The minimum Gasteiger partial charge on any atom is -1.00 e. The molecular formula is C30H38I2N2. The summed E-state index contributed by atoms with van der Waals surface area (Å²) in [6.07, 6.45) is 18.1. The van der Waals surface area contributed by atoms with Crippen LogP contribution >= 0.6 is 0 Å². The first-order valence-corrected chi connectivity index (χ1v) is 12.7. The lowest BCUT2D eigenvalue weighted by atomic mass is 10.1. The van der Waals surface area contributed by atoms with Crippen molar-refractivity contribution >= 4 is 21.8 Å². The normalized spacial score (nSPS) is 10.7. The van der Waals surface area contributed by atoms with Crippen molar-refractivity contribution in [1.82, 2.24) is 0 Å². The second-order valence-electron chi connectivity index (χ2n) is 9.06. The molecule has 0 radical (unpaired) electrons. The molecule has 2 nitrogen and oxygen atoms in total. The van der Waals surface area contributed by atoms with Crippen molar-refractivity contribution in [1.29, 1.82) is 0 Å². The van der Waals surface area contributed by atoms with Gasteiger partial charge in [-0.3, -0.25) is 0 Å². The predicted molar refractivity (Wildman–Crippen MR) is 134 cm³/mol. The van der Waals surface area contributed by atoms with E-state index in [-0.39, 0.29) is 48.0 Å². The number of para-hydroxylation sites is 2. The average molecular weight is 680 g/mol. The Bertz CT molecular complexity index is 1010. The molecule has 0 aliphatic heterocycles. The van der Waals surface area contributed by atoms with Gasteiger partial charge in [0.05, 0.1) is 0 Å². The molecule has 0 atom stereocenters. The average Bonchev–Trinajstić information content (AvgIpc) is 2.85. The van der Waals surface area contributed by atoms with Crippen molar-refractivity contribution in [2.24, 2.45) is 0 Å². The molecule has 0 amide bonds. The van der Waals surface area contributed by atoms with Crippen molar-refractivity contribution in [3.05, 3.63) is 85.2 Å². The summed E-state index contributed by atoms with van der Waals surface area (Å²) in [5.41, 5.74) is 2.71. The maximum atomic E-state index is 2.41. The molecule has 0 saturated heterocycles. The second-order valence-corrected chi connectivity index (χ2v) is 9.06. The van der Waals surface area contributed by atoms with Gasteiger partial charge in [-0.15, -0.1) is 0 Å². The number of hydrogen-bond donors (Lipinski definition) is 0. The maximum absolute atomic E-state index is 2.41. The minimum absolute atomic E-state index is 0. The monoisotopic (exact) mass is 680 g/mol. The summed E-state index contributed by atoms with van der Waals surface area (Å²) in [6, 6.07) is 26.1. The summed E-state index contributed by atoms with van der Waals surface area (Å²) in [7, 11) is 0. The van der Waals surface area contributed by atoms with E-state index in [4.69, 9.17) is 0 Å². The molecule has 0 fully saturated rings. The molecule has 34 heavy (non-hydrogen) atoms. The minimum atomic E-state index is 0. The predicted octanol–water partition coefficient (Wildman–Crippen LogP) is 1.18. The van der Waals surface area contributed by atoms with Gasteiger partial charge in [0.1, 0.15) is 13.1 Å². The first kappa shape index (κ1) is 29.0. The maximum Gasteiger partial charge on any atom is 0.212 e. The largest absolute Gasteiger partial charge is 1.00 e. The Hall–Kier alpha value is -1.28. The molecule has 0 aliphatic rings. The fourth-order valence-electron chi connectivity index (χ4n) is 4.81. The zero-order valence-corrected chi connectivity index (χ0v) is 24.5. The fourth-order valence-corrected chi connectivity index (χ4v) is 4.81. The molecular weight excluding hydrogens is 642 g/mol. The highest BCUT2D eigenvalue weighted by molar-refractivity contribution is 5.75. The Balaban J connectivity index is 0.00000204. The quantitative estimate of drug-likeness (QED) is 0.114. The van der Waals surface area contributed by atoms with E-state index >= 15 is 0 Å². The Morgan fingerprint density at radius 2 is 0.706 bits per heavy atom. The van der Waals surface area contributed by atoms with Gasteiger partial charge in [-0.1, -0.05) is 62.8 Å². The summed E-state index contributed by atoms with van der Waals surface area (Å²) < 4.78 is 4.82. The lowest BCUT2D eigenvalue weighted by molar-refractivity contribution is -0.672. The van der Waals surface area contributed by atoms with Gasteiger partial charge < -0.3 is 48.0 Å². The van der Waals surface area contributed by atoms with Crippen LogP contribution in [0.15, 0.2) is 85.2 Å².